The maximum Gasteiger partial charge on any atom is 0.261 e. The highest BCUT2D eigenvalue weighted by molar-refractivity contribution is 5.79. The molecule has 0 aliphatic carbocycles. The molecule has 0 atom stereocenters. The molecule has 0 aliphatic rings. The van der Waals surface area contributed by atoms with Crippen molar-refractivity contribution in [1.29, 1.82) is 0 Å². The molecule has 0 fully saturated rings. The molecule has 7 nitrogen and oxygen atoms in total. The molecule has 21 heavy (non-hydrogen) atoms. The Morgan fingerprint density at radius 1 is 1.19 bits per heavy atom. The zero-order valence-corrected chi connectivity index (χ0v) is 11.1. The first-order chi connectivity index (χ1) is 10.2. The van der Waals surface area contributed by atoms with Gasteiger partial charge in [0.05, 0.1) is 10.9 Å². The summed E-state index contributed by atoms with van der Waals surface area (Å²) in [5.41, 5.74) is 1.38. The van der Waals surface area contributed by atoms with Crippen molar-refractivity contribution in [2.24, 2.45) is 7.05 Å². The van der Waals surface area contributed by atoms with Gasteiger partial charge in [-0.3, -0.25) is 9.78 Å². The van der Waals surface area contributed by atoms with Crippen LogP contribution in [0.4, 0.5) is 0 Å². The standard InChI is InChI=1S/C14H10N6O/c1-19-6-4-11-10(13(19)21)8-16-14-17-12(18-20(11)14)9-3-2-5-15-7-9/h2-8H,1H3. The smallest absolute Gasteiger partial charge is 0.261 e. The summed E-state index contributed by atoms with van der Waals surface area (Å²) < 4.78 is 3.09. The molecule has 0 saturated carbocycles. The van der Waals surface area contributed by atoms with E-state index in [0.29, 0.717) is 22.5 Å². The van der Waals surface area contributed by atoms with Gasteiger partial charge in [-0.05, 0) is 18.2 Å². The predicted octanol–water partition coefficient (Wildman–Crippen LogP) is 1.04. The summed E-state index contributed by atoms with van der Waals surface area (Å²) in [4.78, 5) is 24.7. The molecule has 4 rings (SSSR count). The average molecular weight is 278 g/mol. The van der Waals surface area contributed by atoms with Crippen molar-refractivity contribution in [3.8, 4) is 11.4 Å². The van der Waals surface area contributed by atoms with Crippen LogP contribution in [0.5, 0.6) is 0 Å². The molecule has 0 unspecified atom stereocenters. The Balaban J connectivity index is 2.06. The molecule has 102 valence electrons. The summed E-state index contributed by atoms with van der Waals surface area (Å²) in [5.74, 6) is 0.985. The van der Waals surface area contributed by atoms with Gasteiger partial charge in [0, 0.05) is 37.4 Å². The normalized spacial score (nSPS) is 11.3. The third kappa shape index (κ3) is 1.71. The Hall–Kier alpha value is -3.09. The van der Waals surface area contributed by atoms with Gasteiger partial charge in [0.15, 0.2) is 5.82 Å². The topological polar surface area (TPSA) is 78.0 Å². The van der Waals surface area contributed by atoms with Crippen molar-refractivity contribution >= 4 is 16.7 Å². The van der Waals surface area contributed by atoms with Crippen LogP contribution in [0.3, 0.4) is 0 Å². The molecule has 0 N–H and O–H groups in total. The molecule has 4 aromatic rings. The van der Waals surface area contributed by atoms with Gasteiger partial charge in [-0.25, -0.2) is 4.98 Å². The van der Waals surface area contributed by atoms with Gasteiger partial charge in [-0.15, -0.1) is 5.10 Å². The molecular formula is C14H10N6O. The van der Waals surface area contributed by atoms with Crippen LogP contribution in [0.25, 0.3) is 28.1 Å². The van der Waals surface area contributed by atoms with E-state index < -0.39 is 0 Å². The van der Waals surface area contributed by atoms with E-state index in [1.165, 1.54) is 10.8 Å². The lowest BCUT2D eigenvalue weighted by Crippen LogP contribution is -2.16. The van der Waals surface area contributed by atoms with Gasteiger partial charge in [0.1, 0.15) is 0 Å². The maximum absolute atomic E-state index is 12.1. The number of hydrogen-bond donors (Lipinski definition) is 0. The fourth-order valence-corrected chi connectivity index (χ4v) is 2.23. The lowest BCUT2D eigenvalue weighted by atomic mass is 10.3. The van der Waals surface area contributed by atoms with Crippen LogP contribution >= 0.6 is 0 Å². The van der Waals surface area contributed by atoms with Gasteiger partial charge in [0.25, 0.3) is 11.3 Å². The van der Waals surface area contributed by atoms with Crippen molar-refractivity contribution in [2.45, 2.75) is 0 Å². The van der Waals surface area contributed by atoms with Crippen LogP contribution in [-0.4, -0.2) is 29.1 Å². The summed E-state index contributed by atoms with van der Waals surface area (Å²) in [6.45, 7) is 0. The second kappa shape index (κ2) is 4.20. The SMILES string of the molecule is Cn1ccc2c(cnc3nc(-c4cccnc4)nn32)c1=O. The van der Waals surface area contributed by atoms with Crippen molar-refractivity contribution in [3.63, 3.8) is 0 Å². The maximum atomic E-state index is 12.1. The highest BCUT2D eigenvalue weighted by Crippen LogP contribution is 2.16. The second-order valence-electron chi connectivity index (χ2n) is 4.68. The highest BCUT2D eigenvalue weighted by Gasteiger charge is 2.11. The lowest BCUT2D eigenvalue weighted by Gasteiger charge is -2.01. The molecular weight excluding hydrogens is 268 g/mol. The van der Waals surface area contributed by atoms with Crippen molar-refractivity contribution < 1.29 is 0 Å². The second-order valence-corrected chi connectivity index (χ2v) is 4.68. The van der Waals surface area contributed by atoms with Crippen molar-refractivity contribution in [2.75, 3.05) is 0 Å². The summed E-state index contributed by atoms with van der Waals surface area (Å²) in [6, 6.07) is 5.53. The van der Waals surface area contributed by atoms with Crippen LogP contribution in [0.2, 0.25) is 0 Å². The van der Waals surface area contributed by atoms with Crippen molar-refractivity contribution in [3.05, 3.63) is 53.3 Å². The van der Waals surface area contributed by atoms with E-state index in [-0.39, 0.29) is 5.56 Å². The first kappa shape index (κ1) is 11.7. The quantitative estimate of drug-likeness (QED) is 0.520. The minimum atomic E-state index is -0.111. The third-order valence-corrected chi connectivity index (χ3v) is 3.33. The molecule has 0 bridgehead atoms. The van der Waals surface area contributed by atoms with Crippen molar-refractivity contribution in [1.82, 2.24) is 29.1 Å². The zero-order valence-electron chi connectivity index (χ0n) is 11.1. The van der Waals surface area contributed by atoms with Crippen LogP contribution < -0.4 is 5.56 Å². The number of aryl methyl sites for hydroxylation is 1. The molecule has 4 aromatic heterocycles. The molecule has 0 aliphatic heterocycles. The number of pyridine rings is 2. The minimum Gasteiger partial charge on any atom is -0.318 e. The van der Waals surface area contributed by atoms with Gasteiger partial charge < -0.3 is 4.57 Å². The van der Waals surface area contributed by atoms with E-state index in [9.17, 15) is 4.79 Å². The van der Waals surface area contributed by atoms with E-state index in [1.807, 2.05) is 18.2 Å². The van der Waals surface area contributed by atoms with Crippen LogP contribution in [-0.2, 0) is 7.05 Å². The molecule has 0 spiro atoms. The summed E-state index contributed by atoms with van der Waals surface area (Å²) >= 11 is 0. The fraction of sp³-hybridized carbons (Fsp3) is 0.0714. The van der Waals surface area contributed by atoms with E-state index >= 15 is 0 Å². The fourth-order valence-electron chi connectivity index (χ4n) is 2.23. The Morgan fingerprint density at radius 2 is 2.10 bits per heavy atom. The Labute approximate surface area is 118 Å². The van der Waals surface area contributed by atoms with E-state index in [1.54, 1.807) is 30.2 Å². The minimum absolute atomic E-state index is 0.111. The predicted molar refractivity (Wildman–Crippen MR) is 76.8 cm³/mol. The van der Waals surface area contributed by atoms with Crippen LogP contribution in [0, 0.1) is 0 Å². The molecule has 7 heteroatoms. The zero-order chi connectivity index (χ0) is 14.4. The molecule has 0 amide bonds. The summed E-state index contributed by atoms with van der Waals surface area (Å²) in [7, 11) is 1.70. The van der Waals surface area contributed by atoms with E-state index in [0.717, 1.165) is 5.56 Å². The first-order valence-corrected chi connectivity index (χ1v) is 6.35. The van der Waals surface area contributed by atoms with E-state index in [4.69, 9.17) is 0 Å². The molecule has 0 aromatic carbocycles. The molecule has 4 heterocycles. The average Bonchev–Trinajstić information content (AvgIpc) is 2.96. The monoisotopic (exact) mass is 278 g/mol. The largest absolute Gasteiger partial charge is 0.318 e. The first-order valence-electron chi connectivity index (χ1n) is 6.35. The number of fused-ring (bicyclic) bond motifs is 3. The number of nitrogens with zero attached hydrogens (tertiary/aromatic N) is 6. The van der Waals surface area contributed by atoms with Crippen LogP contribution in [0.15, 0.2) is 47.8 Å². The Kier molecular flexibility index (Phi) is 2.34. The van der Waals surface area contributed by atoms with Gasteiger partial charge in [-0.2, -0.15) is 9.50 Å². The number of rotatable bonds is 1. The van der Waals surface area contributed by atoms with E-state index in [2.05, 4.69) is 20.1 Å². The Morgan fingerprint density at radius 3 is 2.90 bits per heavy atom. The highest BCUT2D eigenvalue weighted by atomic mass is 16.1. The van der Waals surface area contributed by atoms with Crippen LogP contribution in [0.1, 0.15) is 0 Å². The molecule has 0 radical (unpaired) electrons. The Bertz CT molecular complexity index is 1020. The van der Waals surface area contributed by atoms with Gasteiger partial charge >= 0.3 is 0 Å². The van der Waals surface area contributed by atoms with Gasteiger partial charge in [0.2, 0.25) is 0 Å². The number of hydrogen-bond acceptors (Lipinski definition) is 5. The summed E-state index contributed by atoms with van der Waals surface area (Å²) in [5, 5.41) is 4.95. The summed E-state index contributed by atoms with van der Waals surface area (Å²) in [6.07, 6.45) is 6.62. The van der Waals surface area contributed by atoms with Gasteiger partial charge in [-0.1, -0.05) is 0 Å². The number of aromatic nitrogens is 6. The lowest BCUT2D eigenvalue weighted by molar-refractivity contribution is 0.865. The third-order valence-electron chi connectivity index (χ3n) is 3.33. The molecule has 0 saturated heterocycles.